The van der Waals surface area contributed by atoms with E-state index in [1.54, 1.807) is 0 Å². The van der Waals surface area contributed by atoms with Gasteiger partial charge < -0.3 is 112 Å². The zero-order valence-corrected chi connectivity index (χ0v) is 55.8. The van der Waals surface area contributed by atoms with Gasteiger partial charge in [0.25, 0.3) is 0 Å². The van der Waals surface area contributed by atoms with Crippen LogP contribution < -0.4 is 81.4 Å². The normalized spacial score (nSPS) is 15.9. The van der Waals surface area contributed by atoms with Crippen LogP contribution in [0.3, 0.4) is 0 Å². The maximum absolute atomic E-state index is 14.3. The molecular weight excluding hydrogens is 1360 g/mol. The SMILES string of the molecule is C[C@H](NC(=O)[C@@H]1CCCN1C(=O)[C@H](CC(N)=O)NC(=O)[C@H](CS)NC(=O)[C@H](CS)NC(=O)[C@@H](N)CCC(=O)O)C(=O)N[C@@H](CS)C(=O)NCC(=O)N[C@@H](CCCN=C(N)N)C(=O)N[C@@H](Cc1cnc[nH]1)C(=O)N[C@@H](Cc1ccc(O)cc1)C(=O)N[C@@H](CO)C(=O)N[C@@H](CS)C(=O)O. The summed E-state index contributed by atoms with van der Waals surface area (Å²) in [5, 5.41) is 64.4. The molecule has 1 aromatic carbocycles. The van der Waals surface area contributed by atoms with Crippen molar-refractivity contribution in [2.75, 3.05) is 49.3 Å². The first-order chi connectivity index (χ1) is 45.9. The Morgan fingerprint density at radius 2 is 1.13 bits per heavy atom. The number of aromatic amines is 1. The summed E-state index contributed by atoms with van der Waals surface area (Å²) in [6, 6.07) is -12.5. The summed E-state index contributed by atoms with van der Waals surface area (Å²) in [6.45, 7) is -0.729. The van der Waals surface area contributed by atoms with E-state index in [1.807, 2.05) is 0 Å². The fourth-order valence-electron chi connectivity index (χ4n) is 9.07. The van der Waals surface area contributed by atoms with Crippen molar-refractivity contribution in [1.82, 2.24) is 73.4 Å². The number of nitrogens with one attached hydrogen (secondary N) is 12. The molecule has 42 heteroatoms. The second-order valence-corrected chi connectivity index (χ2v) is 23.3. The average Bonchev–Trinajstić information content (AvgIpc) is 1.77. The number of hydrogen-bond donors (Lipinski definition) is 24. The number of aromatic hydroxyl groups is 1. The van der Waals surface area contributed by atoms with Crippen molar-refractivity contribution < 1.29 is 92.3 Å². The van der Waals surface area contributed by atoms with Crippen molar-refractivity contribution in [3.8, 4) is 5.75 Å². The number of nitrogens with two attached hydrogens (primary N) is 4. The van der Waals surface area contributed by atoms with Crippen LogP contribution in [0, 0.1) is 0 Å². The van der Waals surface area contributed by atoms with Crippen molar-refractivity contribution in [2.45, 2.75) is 137 Å². The number of phenolic OH excluding ortho intramolecular Hbond substituents is 1. The number of aliphatic imine (C=N–C) groups is 1. The Labute approximate surface area is 576 Å². The predicted molar refractivity (Wildman–Crippen MR) is 356 cm³/mol. The van der Waals surface area contributed by atoms with Gasteiger partial charge in [0.15, 0.2) is 5.96 Å². The minimum atomic E-state index is -1.74. The number of nitrogens with zero attached hydrogens (tertiary/aromatic N) is 3. The van der Waals surface area contributed by atoms with Crippen LogP contribution in [-0.4, -0.2) is 252 Å². The number of carbonyl (C=O) groups excluding carboxylic acids is 13. The summed E-state index contributed by atoms with van der Waals surface area (Å²) in [6.07, 6.45) is 0.630. The number of carboxylic acids is 2. The van der Waals surface area contributed by atoms with E-state index in [9.17, 15) is 87.2 Å². The third-order valence-corrected chi connectivity index (χ3v) is 15.8. The first-order valence-electron chi connectivity index (χ1n) is 29.8. The number of carboxylic acid groups (broad SMARTS) is 2. The molecule has 0 spiro atoms. The largest absolute Gasteiger partial charge is 0.508 e. The van der Waals surface area contributed by atoms with Crippen molar-refractivity contribution in [3.05, 3.63) is 48.0 Å². The number of amides is 13. The summed E-state index contributed by atoms with van der Waals surface area (Å²) in [5.41, 5.74) is 22.8. The van der Waals surface area contributed by atoms with Crippen molar-refractivity contribution in [1.29, 1.82) is 0 Å². The zero-order chi connectivity index (χ0) is 72.6. The average molecular weight is 1440 g/mol. The third kappa shape index (κ3) is 28.2. The lowest BCUT2D eigenvalue weighted by Crippen LogP contribution is -2.60. The number of carbonyl (C=O) groups is 15. The van der Waals surface area contributed by atoms with Crippen molar-refractivity contribution in [2.24, 2.45) is 27.9 Å². The minimum Gasteiger partial charge on any atom is -0.508 e. The topological polar surface area (TPSA) is 618 Å². The van der Waals surface area contributed by atoms with E-state index < -0.39 is 187 Å². The summed E-state index contributed by atoms with van der Waals surface area (Å²) in [5.74, 6) is -17.3. The standard InChI is InChI=1S/C55H83N19O19S4/c1-25(64-52(90)39-5-3-13-74(39)53(91)33(16-40(57)77)68-50(88)37(22-96)72-51(89)36(21-95)71-44(82)29(56)10-11-42(79)80)43(81)70-35(20-94)45(83)62-18-41(78)65-30(4-2-12-61-55(58)59)46(84)67-32(15-27-17-60-24-63-27)48(86)66-31(14-26-6-8-28(76)9-7-26)47(85)69-34(19-75)49(87)73-38(23-97)54(92)93/h6-9,17,24-25,29-39,75-76,94-97H,2-5,10-16,18-23,56H2,1H3,(H2,57,77)(H,60,63)(H,62,83)(H,64,90)(H,65,78)(H,66,86)(H,67,84)(H,68,88)(H,69,85)(H,70,81)(H,71,82)(H,72,89)(H,73,87)(H,79,80)(H,92,93)(H4,58,59,61)/t25-,29-,30-,31-,32-,33-,34-,35-,36-,37-,38-,39-/m0/s1. The molecule has 1 aromatic heterocycles. The summed E-state index contributed by atoms with van der Waals surface area (Å²) < 4.78 is 0. The molecule has 0 aliphatic carbocycles. The predicted octanol–water partition coefficient (Wildman–Crippen LogP) is -9.21. The highest BCUT2D eigenvalue weighted by Gasteiger charge is 2.41. The van der Waals surface area contributed by atoms with E-state index in [1.165, 1.54) is 43.7 Å². The van der Waals surface area contributed by atoms with Gasteiger partial charge in [-0.1, -0.05) is 12.1 Å². The molecule has 97 heavy (non-hydrogen) atoms. The Bertz CT molecular complexity index is 3130. The number of primary amides is 1. The lowest BCUT2D eigenvalue weighted by molar-refractivity contribution is -0.143. The van der Waals surface area contributed by atoms with Gasteiger partial charge in [-0.05, 0) is 56.7 Å². The molecule has 1 aliphatic heterocycles. The van der Waals surface area contributed by atoms with Crippen LogP contribution in [0.5, 0.6) is 5.75 Å². The van der Waals surface area contributed by atoms with Crippen molar-refractivity contribution in [3.63, 3.8) is 0 Å². The van der Waals surface area contributed by atoms with Crippen LogP contribution in [-0.2, 0) is 84.8 Å². The zero-order valence-electron chi connectivity index (χ0n) is 52.3. The fraction of sp³-hybridized carbons (Fsp3) is 0.545. The maximum atomic E-state index is 14.3. The molecular formula is C55H83N19O19S4. The molecule has 24 N–H and O–H groups in total. The number of aliphatic hydroxyl groups is 1. The second kappa shape index (κ2) is 41.7. The summed E-state index contributed by atoms with van der Waals surface area (Å²) in [7, 11) is 0. The molecule has 2 heterocycles. The van der Waals surface area contributed by atoms with Crippen LogP contribution >= 0.6 is 50.5 Å². The van der Waals surface area contributed by atoms with E-state index in [4.69, 9.17) is 28.0 Å². The highest BCUT2D eigenvalue weighted by molar-refractivity contribution is 7.80. The Kier molecular flexibility index (Phi) is 35.3. The number of benzene rings is 1. The van der Waals surface area contributed by atoms with Crippen LogP contribution in [0.15, 0.2) is 41.8 Å². The van der Waals surface area contributed by atoms with E-state index in [0.29, 0.717) is 5.56 Å². The molecule has 3 rings (SSSR count). The Hall–Kier alpha value is -9.13. The van der Waals surface area contributed by atoms with Gasteiger partial charge >= 0.3 is 11.9 Å². The van der Waals surface area contributed by atoms with Gasteiger partial charge in [0.2, 0.25) is 76.8 Å². The number of aliphatic carboxylic acids is 2. The third-order valence-electron chi connectivity index (χ3n) is 14.3. The quantitative estimate of drug-likeness (QED) is 0.0127. The van der Waals surface area contributed by atoms with E-state index in [2.05, 4.69) is 124 Å². The number of phenols is 1. The molecule has 536 valence electrons. The number of imidazole rings is 1. The van der Waals surface area contributed by atoms with Gasteiger partial charge in [0, 0.05) is 67.3 Å². The fourth-order valence-corrected chi connectivity index (χ4v) is 10.1. The number of likely N-dealkylation sites (tertiary alicyclic amines) is 1. The molecule has 0 radical (unpaired) electrons. The number of rotatable bonds is 42. The van der Waals surface area contributed by atoms with Gasteiger partial charge in [-0.25, -0.2) is 9.78 Å². The molecule has 0 saturated carbocycles. The molecule has 1 saturated heterocycles. The Balaban J connectivity index is 1.73. The highest BCUT2D eigenvalue weighted by Crippen LogP contribution is 2.20. The number of thiol groups is 4. The lowest BCUT2D eigenvalue weighted by Gasteiger charge is -2.30. The first-order valence-corrected chi connectivity index (χ1v) is 32.3. The molecule has 13 amide bonds. The maximum Gasteiger partial charge on any atom is 0.327 e. The van der Waals surface area contributed by atoms with Gasteiger partial charge in [0.05, 0.1) is 31.9 Å². The number of aromatic nitrogens is 2. The van der Waals surface area contributed by atoms with E-state index in [-0.39, 0.29) is 98.4 Å². The Morgan fingerprint density at radius 3 is 1.67 bits per heavy atom. The number of aliphatic hydroxyl groups excluding tert-OH is 1. The second-order valence-electron chi connectivity index (χ2n) is 21.8. The Morgan fingerprint density at radius 1 is 0.629 bits per heavy atom. The number of H-pyrrole nitrogens is 1. The molecule has 0 bridgehead atoms. The van der Waals surface area contributed by atoms with Crippen LogP contribution in [0.2, 0.25) is 0 Å². The summed E-state index contributed by atoms with van der Waals surface area (Å²) in [4.78, 5) is 210. The summed E-state index contributed by atoms with van der Waals surface area (Å²) >= 11 is 16.2. The van der Waals surface area contributed by atoms with Gasteiger partial charge in [-0.3, -0.25) is 72.1 Å². The van der Waals surface area contributed by atoms with Crippen LogP contribution in [0.1, 0.15) is 63.1 Å². The molecule has 1 fully saturated rings. The number of hydrogen-bond acceptors (Lipinski definition) is 24. The lowest BCUT2D eigenvalue weighted by atomic mass is 10.0. The molecule has 1 aliphatic rings. The van der Waals surface area contributed by atoms with Crippen molar-refractivity contribution >= 4 is 145 Å². The number of guanidine groups is 1. The molecule has 38 nitrogen and oxygen atoms in total. The van der Waals surface area contributed by atoms with Crippen LogP contribution in [0.25, 0.3) is 0 Å². The highest BCUT2D eigenvalue weighted by atomic mass is 32.1. The van der Waals surface area contributed by atoms with E-state index in [0.717, 1.165) is 4.90 Å². The minimum absolute atomic E-state index is 0.0393. The van der Waals surface area contributed by atoms with Gasteiger partial charge in [0.1, 0.15) is 72.2 Å². The van der Waals surface area contributed by atoms with E-state index >= 15 is 0 Å². The van der Waals surface area contributed by atoms with Crippen LogP contribution in [0.4, 0.5) is 0 Å². The van der Waals surface area contributed by atoms with Gasteiger partial charge in [-0.15, -0.1) is 0 Å². The molecule has 2 aromatic rings. The molecule has 12 atom stereocenters. The van der Waals surface area contributed by atoms with Gasteiger partial charge in [-0.2, -0.15) is 50.5 Å². The molecule has 0 unspecified atom stereocenters. The monoisotopic (exact) mass is 1440 g/mol. The smallest absolute Gasteiger partial charge is 0.327 e. The first kappa shape index (κ1) is 82.1.